The standard InChI is InChI=1S/C18H14ClN7O5S4/c1-2-3-31-25-9(8-12(19)35-17(20)23-8)13(27)22-10-14(28)26-11(16(29)30)7(4-32-15(10)26)5-33-18-24-21-6-34-18/h1,6,10,15H,3-5H2,(H2,20,23)(H,22,27)(H,29,30)/b25-9+. The number of anilines is 1. The maximum atomic E-state index is 13.0. The van der Waals surface area contributed by atoms with E-state index in [1.807, 2.05) is 0 Å². The summed E-state index contributed by atoms with van der Waals surface area (Å²) in [5.41, 5.74) is 7.39. The number of nitrogens with zero attached hydrogens (tertiary/aromatic N) is 5. The second kappa shape index (κ2) is 10.8. The van der Waals surface area contributed by atoms with Crippen LogP contribution in [0.2, 0.25) is 4.34 Å². The van der Waals surface area contributed by atoms with E-state index in [2.05, 4.69) is 31.6 Å². The molecule has 12 nitrogen and oxygen atoms in total. The number of amides is 2. The second-order valence-corrected chi connectivity index (χ2v) is 11.5. The largest absolute Gasteiger partial charge is 0.477 e. The molecule has 0 saturated carbocycles. The number of β-lactam (4-membered cyclic amide) rings is 1. The summed E-state index contributed by atoms with van der Waals surface area (Å²) in [5.74, 6) is 0.308. The van der Waals surface area contributed by atoms with Gasteiger partial charge in [0, 0.05) is 11.5 Å². The van der Waals surface area contributed by atoms with Crippen LogP contribution in [-0.4, -0.2) is 78.2 Å². The smallest absolute Gasteiger partial charge is 0.352 e. The third-order valence-corrected chi connectivity index (χ3v) is 8.96. The third kappa shape index (κ3) is 5.23. The SMILES string of the molecule is C#CCO/N=C(/C(=O)NC1C(=O)N2C(C(=O)O)=C(CSc3nncs3)CSC12)c1nc(N)sc1Cl. The molecule has 0 radical (unpaired) electrons. The highest BCUT2D eigenvalue weighted by molar-refractivity contribution is 8.01. The Hall–Kier alpha value is -2.84. The number of terminal acetylenes is 1. The minimum Gasteiger partial charge on any atom is -0.477 e. The number of carbonyl (C=O) groups is 3. The van der Waals surface area contributed by atoms with Crippen LogP contribution in [0.3, 0.4) is 0 Å². The summed E-state index contributed by atoms with van der Waals surface area (Å²) in [6.45, 7) is -0.215. The number of nitrogens with two attached hydrogens (primary N) is 1. The lowest BCUT2D eigenvalue weighted by molar-refractivity contribution is -0.150. The van der Waals surface area contributed by atoms with Gasteiger partial charge in [-0.2, -0.15) is 0 Å². The number of hydrogen-bond donors (Lipinski definition) is 3. The summed E-state index contributed by atoms with van der Waals surface area (Å²) in [6, 6.07) is -0.994. The predicted molar refractivity (Wildman–Crippen MR) is 133 cm³/mol. The summed E-state index contributed by atoms with van der Waals surface area (Å²) < 4.78 is 0.789. The number of oxime groups is 1. The van der Waals surface area contributed by atoms with E-state index in [0.29, 0.717) is 21.4 Å². The van der Waals surface area contributed by atoms with Crippen molar-refractivity contribution in [3.63, 3.8) is 0 Å². The Bertz CT molecular complexity index is 1270. The molecule has 4 rings (SSSR count). The quantitative estimate of drug-likeness (QED) is 0.0982. The highest BCUT2D eigenvalue weighted by Crippen LogP contribution is 2.41. The Morgan fingerprint density at radius 2 is 2.31 bits per heavy atom. The minimum absolute atomic E-state index is 0.0225. The zero-order chi connectivity index (χ0) is 25.1. The normalized spacial score (nSPS) is 19.6. The Kier molecular flexibility index (Phi) is 7.82. The van der Waals surface area contributed by atoms with Crippen LogP contribution in [0, 0.1) is 12.3 Å². The summed E-state index contributed by atoms with van der Waals surface area (Å²) >= 11 is 11.1. The van der Waals surface area contributed by atoms with Crippen molar-refractivity contribution in [1.29, 1.82) is 0 Å². The number of carboxylic acid groups (broad SMARTS) is 1. The van der Waals surface area contributed by atoms with Gasteiger partial charge in [-0.1, -0.05) is 57.1 Å². The van der Waals surface area contributed by atoms with Crippen LogP contribution in [0.5, 0.6) is 0 Å². The first-order valence-corrected chi connectivity index (χ1v) is 13.6. The predicted octanol–water partition coefficient (Wildman–Crippen LogP) is 1.11. The van der Waals surface area contributed by atoms with Gasteiger partial charge < -0.3 is 21.0 Å². The van der Waals surface area contributed by atoms with Crippen molar-refractivity contribution in [1.82, 2.24) is 25.4 Å². The summed E-state index contributed by atoms with van der Waals surface area (Å²) in [7, 11) is 0. The fourth-order valence-corrected chi connectivity index (χ4v) is 7.07. The molecule has 17 heteroatoms. The van der Waals surface area contributed by atoms with Crippen LogP contribution in [-0.2, 0) is 19.2 Å². The molecule has 1 saturated heterocycles. The van der Waals surface area contributed by atoms with E-state index in [9.17, 15) is 19.5 Å². The number of thioether (sulfide) groups is 2. The first-order chi connectivity index (χ1) is 16.8. The van der Waals surface area contributed by atoms with Crippen LogP contribution in [0.1, 0.15) is 5.69 Å². The van der Waals surface area contributed by atoms with E-state index in [1.165, 1.54) is 39.8 Å². The van der Waals surface area contributed by atoms with Crippen molar-refractivity contribution >= 4 is 86.4 Å². The van der Waals surface area contributed by atoms with Crippen LogP contribution in [0.4, 0.5) is 5.13 Å². The topological polar surface area (TPSA) is 173 Å². The van der Waals surface area contributed by atoms with Crippen LogP contribution >= 0.6 is 57.8 Å². The number of aromatic nitrogens is 3. The molecule has 2 aliphatic rings. The fraction of sp³-hybridized carbons (Fsp3) is 0.278. The van der Waals surface area contributed by atoms with Crippen molar-refractivity contribution in [2.45, 2.75) is 15.8 Å². The van der Waals surface area contributed by atoms with Crippen molar-refractivity contribution in [3.05, 3.63) is 26.8 Å². The van der Waals surface area contributed by atoms with Gasteiger partial charge >= 0.3 is 5.97 Å². The van der Waals surface area contributed by atoms with Crippen molar-refractivity contribution in [2.24, 2.45) is 5.16 Å². The molecule has 2 unspecified atom stereocenters. The van der Waals surface area contributed by atoms with Crippen molar-refractivity contribution in [2.75, 3.05) is 23.8 Å². The van der Waals surface area contributed by atoms with Crippen LogP contribution in [0.15, 0.2) is 26.3 Å². The summed E-state index contributed by atoms with van der Waals surface area (Å²) in [6.07, 6.45) is 5.15. The number of aliphatic carboxylic acids is 1. The highest BCUT2D eigenvalue weighted by atomic mass is 35.5. The zero-order valence-corrected chi connectivity index (χ0v) is 21.4. The Morgan fingerprint density at radius 1 is 1.51 bits per heavy atom. The molecule has 2 aromatic rings. The van der Waals surface area contributed by atoms with E-state index < -0.39 is 29.2 Å². The van der Waals surface area contributed by atoms with E-state index in [0.717, 1.165) is 11.3 Å². The maximum Gasteiger partial charge on any atom is 0.352 e. The number of carboxylic acids is 1. The number of nitrogen functional groups attached to an aromatic ring is 1. The lowest BCUT2D eigenvalue weighted by atomic mass is 10.0. The van der Waals surface area contributed by atoms with E-state index in [-0.39, 0.29) is 33.2 Å². The van der Waals surface area contributed by atoms with Gasteiger partial charge in [-0.05, 0) is 5.57 Å². The lowest BCUT2D eigenvalue weighted by Gasteiger charge is -2.49. The minimum atomic E-state index is -1.23. The van der Waals surface area contributed by atoms with Gasteiger partial charge in [0.25, 0.3) is 11.8 Å². The molecule has 2 aromatic heterocycles. The number of thiazole rings is 1. The molecule has 4 N–H and O–H groups in total. The number of nitrogens with one attached hydrogen (secondary N) is 1. The molecular formula is C18H14ClN7O5S4. The number of hydrogen-bond acceptors (Lipinski definition) is 13. The molecular weight excluding hydrogens is 558 g/mol. The molecule has 2 amide bonds. The highest BCUT2D eigenvalue weighted by Gasteiger charge is 2.54. The van der Waals surface area contributed by atoms with Gasteiger partial charge in [-0.3, -0.25) is 14.5 Å². The van der Waals surface area contributed by atoms with Crippen molar-refractivity contribution in [3.8, 4) is 12.3 Å². The molecule has 1 fully saturated rings. The molecule has 0 aliphatic carbocycles. The number of fused-ring (bicyclic) bond motifs is 1. The van der Waals surface area contributed by atoms with E-state index >= 15 is 0 Å². The van der Waals surface area contributed by atoms with Crippen LogP contribution < -0.4 is 11.1 Å². The average molecular weight is 572 g/mol. The second-order valence-electron chi connectivity index (χ2n) is 6.70. The summed E-state index contributed by atoms with van der Waals surface area (Å²) in [4.78, 5) is 48.0. The van der Waals surface area contributed by atoms with E-state index in [4.69, 9.17) is 28.6 Å². The number of halogens is 1. The number of carbonyl (C=O) groups excluding carboxylic acids is 2. The first-order valence-electron chi connectivity index (χ1n) is 9.47. The van der Waals surface area contributed by atoms with Gasteiger partial charge in [-0.15, -0.1) is 28.4 Å². The molecule has 182 valence electrons. The van der Waals surface area contributed by atoms with Gasteiger partial charge in [-0.25, -0.2) is 9.78 Å². The van der Waals surface area contributed by atoms with Gasteiger partial charge in [0.2, 0.25) is 0 Å². The summed E-state index contributed by atoms with van der Waals surface area (Å²) in [5, 5.41) is 23.3. The fourth-order valence-electron chi connectivity index (χ4n) is 3.17. The third-order valence-electron chi connectivity index (χ3n) is 4.59. The molecule has 4 heterocycles. The Balaban J connectivity index is 1.51. The van der Waals surface area contributed by atoms with Gasteiger partial charge in [0.15, 0.2) is 21.8 Å². The Morgan fingerprint density at radius 3 is 2.94 bits per heavy atom. The van der Waals surface area contributed by atoms with Crippen molar-refractivity contribution < 1.29 is 24.3 Å². The van der Waals surface area contributed by atoms with Gasteiger partial charge in [0.05, 0.1) is 0 Å². The maximum absolute atomic E-state index is 13.0. The number of rotatable bonds is 9. The molecule has 35 heavy (non-hydrogen) atoms. The monoisotopic (exact) mass is 571 g/mol. The molecule has 2 atom stereocenters. The van der Waals surface area contributed by atoms with E-state index in [1.54, 1.807) is 5.51 Å². The van der Waals surface area contributed by atoms with Crippen LogP contribution in [0.25, 0.3) is 0 Å². The average Bonchev–Trinajstić information content (AvgIpc) is 3.46. The van der Waals surface area contributed by atoms with Gasteiger partial charge in [0.1, 0.15) is 32.7 Å². The molecule has 0 aromatic carbocycles. The zero-order valence-electron chi connectivity index (χ0n) is 17.3. The lowest BCUT2D eigenvalue weighted by Crippen LogP contribution is -2.71. The molecule has 0 bridgehead atoms. The molecule has 0 spiro atoms. The molecule has 2 aliphatic heterocycles. The first kappa shape index (κ1) is 25.3. The Labute approximate surface area is 219 Å².